The lowest BCUT2D eigenvalue weighted by atomic mass is 10.2. The molecule has 0 spiro atoms. The number of hydrogen-bond donors (Lipinski definition) is 1. The first-order chi connectivity index (χ1) is 11.7. The Labute approximate surface area is 151 Å². The lowest BCUT2D eigenvalue weighted by Crippen LogP contribution is -2.12. The molecule has 1 N–H and O–H groups in total. The van der Waals surface area contributed by atoms with Gasteiger partial charge in [-0.05, 0) is 42.3 Å². The van der Waals surface area contributed by atoms with Crippen molar-refractivity contribution in [3.8, 4) is 5.75 Å². The molecule has 0 aliphatic rings. The van der Waals surface area contributed by atoms with Crippen LogP contribution in [0.3, 0.4) is 0 Å². The second-order valence-corrected chi connectivity index (χ2v) is 7.02. The van der Waals surface area contributed by atoms with E-state index in [4.69, 9.17) is 16.3 Å². The fourth-order valence-corrected chi connectivity index (χ4v) is 3.01. The van der Waals surface area contributed by atoms with Gasteiger partial charge >= 0.3 is 0 Å². The van der Waals surface area contributed by atoms with Crippen molar-refractivity contribution in [3.05, 3.63) is 80.8 Å². The molecule has 0 bridgehead atoms. The molecule has 1 aromatic heterocycles. The zero-order valence-electron chi connectivity index (χ0n) is 13.5. The van der Waals surface area contributed by atoms with E-state index in [0.717, 1.165) is 34.6 Å². The topological polar surface area (TPSA) is 34.1 Å². The molecule has 2 aromatic carbocycles. The summed E-state index contributed by atoms with van der Waals surface area (Å²) in [6, 6.07) is 16.0. The molecule has 0 saturated heterocycles. The molecule has 24 heavy (non-hydrogen) atoms. The van der Waals surface area contributed by atoms with Gasteiger partial charge in [-0.2, -0.15) is 0 Å². The largest absolute Gasteiger partial charge is 0.487 e. The van der Waals surface area contributed by atoms with Crippen molar-refractivity contribution in [2.45, 2.75) is 26.6 Å². The molecule has 0 amide bonds. The molecule has 0 aliphatic heterocycles. The van der Waals surface area contributed by atoms with Crippen LogP contribution in [-0.4, -0.2) is 4.98 Å². The van der Waals surface area contributed by atoms with Crippen molar-refractivity contribution in [2.24, 2.45) is 0 Å². The number of hydrogen-bond acceptors (Lipinski definition) is 4. The third kappa shape index (κ3) is 5.06. The number of nitrogens with zero attached hydrogens (tertiary/aromatic N) is 1. The zero-order valence-corrected chi connectivity index (χ0v) is 15.0. The fraction of sp³-hybridized carbons (Fsp3) is 0.211. The minimum Gasteiger partial charge on any atom is -0.487 e. The van der Waals surface area contributed by atoms with Crippen molar-refractivity contribution in [1.82, 2.24) is 10.3 Å². The Morgan fingerprint density at radius 3 is 2.21 bits per heavy atom. The van der Waals surface area contributed by atoms with Gasteiger partial charge in [0.25, 0.3) is 0 Å². The van der Waals surface area contributed by atoms with Gasteiger partial charge in [-0.1, -0.05) is 35.9 Å². The quantitative estimate of drug-likeness (QED) is 0.647. The highest BCUT2D eigenvalue weighted by Crippen LogP contribution is 2.16. The van der Waals surface area contributed by atoms with Crippen LogP contribution in [0.1, 0.15) is 21.8 Å². The van der Waals surface area contributed by atoms with Crippen molar-refractivity contribution < 1.29 is 4.74 Å². The van der Waals surface area contributed by atoms with Gasteiger partial charge in [0, 0.05) is 23.5 Å². The molecule has 0 aliphatic carbocycles. The normalized spacial score (nSPS) is 10.8. The van der Waals surface area contributed by atoms with E-state index in [9.17, 15) is 0 Å². The van der Waals surface area contributed by atoms with Crippen molar-refractivity contribution in [2.75, 3.05) is 0 Å². The Morgan fingerprint density at radius 2 is 1.62 bits per heavy atom. The van der Waals surface area contributed by atoms with Gasteiger partial charge in [-0.3, -0.25) is 0 Å². The van der Waals surface area contributed by atoms with Crippen LogP contribution in [-0.2, 0) is 19.7 Å². The summed E-state index contributed by atoms with van der Waals surface area (Å²) in [6.45, 7) is 4.14. The number of ether oxygens (including phenoxy) is 1. The molecule has 5 heteroatoms. The van der Waals surface area contributed by atoms with E-state index < -0.39 is 0 Å². The summed E-state index contributed by atoms with van der Waals surface area (Å²) in [5, 5.41) is 7.29. The maximum absolute atomic E-state index is 5.89. The van der Waals surface area contributed by atoms with E-state index in [1.54, 1.807) is 11.3 Å². The Kier molecular flexibility index (Phi) is 5.86. The first kappa shape index (κ1) is 17.0. The summed E-state index contributed by atoms with van der Waals surface area (Å²) >= 11 is 7.53. The van der Waals surface area contributed by atoms with Crippen molar-refractivity contribution in [1.29, 1.82) is 0 Å². The summed E-state index contributed by atoms with van der Waals surface area (Å²) in [7, 11) is 0. The molecule has 0 fully saturated rings. The number of thiazole rings is 1. The summed E-state index contributed by atoms with van der Waals surface area (Å²) in [4.78, 5) is 4.39. The molecule has 0 atom stereocenters. The van der Waals surface area contributed by atoms with Gasteiger partial charge in [0.1, 0.15) is 12.4 Å². The van der Waals surface area contributed by atoms with E-state index in [-0.39, 0.29) is 0 Å². The highest BCUT2D eigenvalue weighted by molar-refractivity contribution is 7.09. The van der Waals surface area contributed by atoms with Gasteiger partial charge in [-0.15, -0.1) is 11.3 Å². The van der Waals surface area contributed by atoms with Gasteiger partial charge in [0.05, 0.1) is 10.7 Å². The lowest BCUT2D eigenvalue weighted by molar-refractivity contribution is 0.302. The van der Waals surface area contributed by atoms with Crippen LogP contribution in [0.4, 0.5) is 0 Å². The summed E-state index contributed by atoms with van der Waals surface area (Å²) < 4.78 is 5.76. The molecule has 0 unspecified atom stereocenters. The van der Waals surface area contributed by atoms with E-state index in [1.165, 1.54) is 11.1 Å². The number of rotatable bonds is 7. The fourth-order valence-electron chi connectivity index (χ4n) is 2.29. The number of nitrogens with one attached hydrogen (secondary N) is 1. The summed E-state index contributed by atoms with van der Waals surface area (Å²) in [5.41, 5.74) is 3.42. The SMILES string of the molecule is Cc1nc(COc2ccc(CNCc3ccc(Cl)cc3)cc2)cs1. The van der Waals surface area contributed by atoms with Crippen molar-refractivity contribution in [3.63, 3.8) is 0 Å². The van der Waals surface area contributed by atoms with Gasteiger partial charge in [-0.25, -0.2) is 4.98 Å². The average Bonchev–Trinajstić information content (AvgIpc) is 3.01. The van der Waals surface area contributed by atoms with Crippen molar-refractivity contribution >= 4 is 22.9 Å². The third-order valence-electron chi connectivity index (χ3n) is 3.55. The number of halogens is 1. The standard InChI is InChI=1S/C19H19ClN2OS/c1-14-22-18(13-24-14)12-23-19-8-4-16(5-9-19)11-21-10-15-2-6-17(20)7-3-15/h2-9,13,21H,10-12H2,1H3. The molecule has 1 heterocycles. The van der Waals surface area contributed by atoms with E-state index in [1.807, 2.05) is 48.7 Å². The predicted molar refractivity (Wildman–Crippen MR) is 99.6 cm³/mol. The molecular formula is C19H19ClN2OS. The smallest absolute Gasteiger partial charge is 0.131 e. The minimum atomic E-state index is 0.512. The van der Waals surface area contributed by atoms with Gasteiger partial charge in [0.2, 0.25) is 0 Å². The molecule has 3 nitrogen and oxygen atoms in total. The Hall–Kier alpha value is -1.88. The molecular weight excluding hydrogens is 340 g/mol. The van der Waals surface area contributed by atoms with E-state index >= 15 is 0 Å². The highest BCUT2D eigenvalue weighted by Gasteiger charge is 2.01. The van der Waals surface area contributed by atoms with E-state index in [2.05, 4.69) is 22.4 Å². The molecule has 0 radical (unpaired) electrons. The van der Waals surface area contributed by atoms with Crippen LogP contribution < -0.4 is 10.1 Å². The van der Waals surface area contributed by atoms with Crippen LogP contribution in [0, 0.1) is 6.92 Å². The first-order valence-electron chi connectivity index (χ1n) is 7.77. The monoisotopic (exact) mass is 358 g/mol. The molecule has 124 valence electrons. The lowest BCUT2D eigenvalue weighted by Gasteiger charge is -2.08. The number of aromatic nitrogens is 1. The first-order valence-corrected chi connectivity index (χ1v) is 9.03. The Bertz CT molecular complexity index is 769. The predicted octanol–water partition coefficient (Wildman–Crippen LogP) is 4.97. The number of benzene rings is 2. The average molecular weight is 359 g/mol. The van der Waals surface area contributed by atoms with Gasteiger partial charge < -0.3 is 10.1 Å². The van der Waals surface area contributed by atoms with E-state index in [0.29, 0.717) is 6.61 Å². The van der Waals surface area contributed by atoms with Crippen LogP contribution in [0.5, 0.6) is 5.75 Å². The maximum Gasteiger partial charge on any atom is 0.131 e. The van der Waals surface area contributed by atoms with Gasteiger partial charge in [0.15, 0.2) is 0 Å². The summed E-state index contributed by atoms with van der Waals surface area (Å²) in [6.07, 6.45) is 0. The molecule has 3 aromatic rings. The minimum absolute atomic E-state index is 0.512. The second kappa shape index (κ2) is 8.29. The van der Waals surface area contributed by atoms with Crippen LogP contribution in [0.15, 0.2) is 53.9 Å². The van der Waals surface area contributed by atoms with Crippen LogP contribution in [0.2, 0.25) is 5.02 Å². The van der Waals surface area contributed by atoms with Crippen LogP contribution >= 0.6 is 22.9 Å². The Morgan fingerprint density at radius 1 is 1.00 bits per heavy atom. The third-order valence-corrected chi connectivity index (χ3v) is 4.62. The Balaban J connectivity index is 1.44. The number of aryl methyl sites for hydroxylation is 1. The summed E-state index contributed by atoms with van der Waals surface area (Å²) in [5.74, 6) is 0.863. The molecule has 3 rings (SSSR count). The second-order valence-electron chi connectivity index (χ2n) is 5.52. The zero-order chi connectivity index (χ0) is 16.8. The maximum atomic E-state index is 5.89. The van der Waals surface area contributed by atoms with Crippen LogP contribution in [0.25, 0.3) is 0 Å². The highest BCUT2D eigenvalue weighted by atomic mass is 35.5. The molecule has 0 saturated carbocycles.